The molecule has 0 spiro atoms. The number of carbonyl (C=O) groups is 1. The number of H-pyrrole nitrogens is 1. The Morgan fingerprint density at radius 1 is 1.42 bits per heavy atom. The van der Waals surface area contributed by atoms with E-state index in [0.29, 0.717) is 25.9 Å². The van der Waals surface area contributed by atoms with Crippen LogP contribution in [0.15, 0.2) is 18.5 Å². The van der Waals surface area contributed by atoms with Crippen LogP contribution in [0.2, 0.25) is 0 Å². The molecule has 9 nitrogen and oxygen atoms in total. The number of hydrogen-bond acceptors (Lipinski definition) is 6. The van der Waals surface area contributed by atoms with Crippen molar-refractivity contribution in [2.24, 2.45) is 0 Å². The van der Waals surface area contributed by atoms with Crippen LogP contribution in [0.5, 0.6) is 0 Å². The summed E-state index contributed by atoms with van der Waals surface area (Å²) in [6.45, 7) is 1.16. The van der Waals surface area contributed by atoms with Gasteiger partial charge in [-0.2, -0.15) is 4.31 Å². The van der Waals surface area contributed by atoms with Crippen LogP contribution in [0.4, 0.5) is 5.82 Å². The van der Waals surface area contributed by atoms with Crippen LogP contribution in [0.25, 0.3) is 11.2 Å². The summed E-state index contributed by atoms with van der Waals surface area (Å²) in [5.74, 6) is 0.789. The van der Waals surface area contributed by atoms with Crippen molar-refractivity contribution in [2.75, 3.05) is 31.7 Å². The lowest BCUT2D eigenvalue weighted by atomic mass is 10.0. The molecule has 3 heterocycles. The number of nitrogens with zero attached hydrogens (tertiary/aromatic N) is 3. The average molecular weight is 382 g/mol. The van der Waals surface area contributed by atoms with Gasteiger partial charge in [-0.25, -0.2) is 18.4 Å². The molecule has 10 heteroatoms. The van der Waals surface area contributed by atoms with E-state index in [0.717, 1.165) is 36.2 Å². The van der Waals surface area contributed by atoms with Gasteiger partial charge in [0.25, 0.3) is 0 Å². The highest BCUT2D eigenvalue weighted by molar-refractivity contribution is 7.88. The molecule has 0 saturated carbocycles. The summed E-state index contributed by atoms with van der Waals surface area (Å²) in [5.41, 5.74) is 1.71. The molecule has 1 atom stereocenters. The Hall–Kier alpha value is -2.20. The Bertz CT molecular complexity index is 807. The monoisotopic (exact) mass is 382 g/mol. The van der Waals surface area contributed by atoms with Crippen LogP contribution < -0.4 is 10.6 Å². The van der Waals surface area contributed by atoms with Gasteiger partial charge in [-0.15, -0.1) is 0 Å². The van der Waals surface area contributed by atoms with Crippen molar-refractivity contribution in [3.05, 3.63) is 18.5 Å². The standard InChI is InChI=1S/C9H18N2O3S.C7H8N4/c1-15(13,14)11-7-3-2-4-9(11)5-6-10-8-12;1-8-6-4-10-7-5(11-6)2-3-9-7/h8-9H,2-7H2,1H3,(H,10,12);2-4H,1H3,(H,8,11)(H,9,10). The Morgan fingerprint density at radius 2 is 2.23 bits per heavy atom. The van der Waals surface area contributed by atoms with E-state index < -0.39 is 10.0 Å². The number of aromatic amines is 1. The van der Waals surface area contributed by atoms with Crippen LogP contribution in [0.1, 0.15) is 25.7 Å². The third-order valence-corrected chi connectivity index (χ3v) is 5.55. The first-order valence-corrected chi connectivity index (χ1v) is 10.4. The number of hydrogen-bond donors (Lipinski definition) is 3. The zero-order chi connectivity index (χ0) is 19.0. The summed E-state index contributed by atoms with van der Waals surface area (Å²) in [6, 6.07) is 1.95. The minimum absolute atomic E-state index is 0.0567. The minimum Gasteiger partial charge on any atom is -0.372 e. The summed E-state index contributed by atoms with van der Waals surface area (Å²) >= 11 is 0. The number of amides is 1. The van der Waals surface area contributed by atoms with Crippen molar-refractivity contribution in [2.45, 2.75) is 31.7 Å². The van der Waals surface area contributed by atoms with Gasteiger partial charge < -0.3 is 15.6 Å². The van der Waals surface area contributed by atoms with Gasteiger partial charge in [0.15, 0.2) is 5.65 Å². The molecule has 3 rings (SSSR count). The second-order valence-electron chi connectivity index (χ2n) is 6.10. The Balaban J connectivity index is 0.000000195. The summed E-state index contributed by atoms with van der Waals surface area (Å²) in [6.07, 6.45) is 9.01. The molecule has 1 fully saturated rings. The Labute approximate surface area is 153 Å². The normalized spacial score (nSPS) is 18.0. The number of fused-ring (bicyclic) bond motifs is 1. The molecule has 0 bridgehead atoms. The lowest BCUT2D eigenvalue weighted by molar-refractivity contribution is -0.109. The number of sulfonamides is 1. The maximum Gasteiger partial charge on any atom is 0.211 e. The highest BCUT2D eigenvalue weighted by atomic mass is 32.2. The molecular formula is C16H26N6O3S. The molecule has 1 unspecified atom stereocenters. The van der Waals surface area contributed by atoms with E-state index in [2.05, 4.69) is 25.6 Å². The second-order valence-corrected chi connectivity index (χ2v) is 8.04. The predicted molar refractivity (Wildman–Crippen MR) is 101 cm³/mol. The van der Waals surface area contributed by atoms with Gasteiger partial charge >= 0.3 is 0 Å². The lowest BCUT2D eigenvalue weighted by Crippen LogP contribution is -2.44. The summed E-state index contributed by atoms with van der Waals surface area (Å²) < 4.78 is 24.5. The van der Waals surface area contributed by atoms with Crippen molar-refractivity contribution in [1.82, 2.24) is 24.6 Å². The van der Waals surface area contributed by atoms with Crippen LogP contribution >= 0.6 is 0 Å². The number of rotatable bonds is 6. The van der Waals surface area contributed by atoms with E-state index in [9.17, 15) is 13.2 Å². The molecule has 1 aliphatic rings. The number of piperidine rings is 1. The fraction of sp³-hybridized carbons (Fsp3) is 0.562. The van der Waals surface area contributed by atoms with E-state index in [1.54, 1.807) is 10.5 Å². The van der Waals surface area contributed by atoms with Crippen LogP contribution in [0, 0.1) is 0 Å². The first-order chi connectivity index (χ1) is 12.5. The minimum atomic E-state index is -3.09. The first-order valence-electron chi connectivity index (χ1n) is 8.57. The molecule has 1 aliphatic heterocycles. The smallest absolute Gasteiger partial charge is 0.211 e. The highest BCUT2D eigenvalue weighted by Crippen LogP contribution is 2.21. The maximum absolute atomic E-state index is 11.5. The quantitative estimate of drug-likeness (QED) is 0.505. The zero-order valence-electron chi connectivity index (χ0n) is 15.1. The summed E-state index contributed by atoms with van der Waals surface area (Å²) in [7, 11) is -1.27. The SMILES string of the molecule is CNc1cnc2[nH]ccc2n1.CS(=O)(=O)N1CCCCC1CCNC=O. The molecule has 26 heavy (non-hydrogen) atoms. The van der Waals surface area contributed by atoms with Crippen LogP contribution in [-0.2, 0) is 14.8 Å². The first kappa shape index (κ1) is 20.1. The van der Waals surface area contributed by atoms with Gasteiger partial charge in [0, 0.05) is 32.4 Å². The van der Waals surface area contributed by atoms with Crippen molar-refractivity contribution >= 4 is 33.4 Å². The molecule has 2 aromatic heterocycles. The van der Waals surface area contributed by atoms with Gasteiger partial charge in [0.2, 0.25) is 16.4 Å². The van der Waals surface area contributed by atoms with E-state index in [1.165, 1.54) is 6.26 Å². The zero-order valence-corrected chi connectivity index (χ0v) is 15.9. The average Bonchev–Trinajstić information content (AvgIpc) is 3.09. The van der Waals surface area contributed by atoms with E-state index in [4.69, 9.17) is 0 Å². The van der Waals surface area contributed by atoms with Crippen molar-refractivity contribution in [1.29, 1.82) is 0 Å². The third kappa shape index (κ3) is 5.67. The summed E-state index contributed by atoms with van der Waals surface area (Å²) in [4.78, 5) is 21.4. The van der Waals surface area contributed by atoms with E-state index in [-0.39, 0.29) is 6.04 Å². The molecule has 2 aromatic rings. The number of carbonyl (C=O) groups excluding carboxylic acids is 1. The van der Waals surface area contributed by atoms with Gasteiger partial charge in [-0.05, 0) is 25.3 Å². The fourth-order valence-corrected chi connectivity index (χ4v) is 4.17. The van der Waals surface area contributed by atoms with Crippen molar-refractivity contribution < 1.29 is 13.2 Å². The second kappa shape index (κ2) is 9.48. The molecular weight excluding hydrogens is 356 g/mol. The highest BCUT2D eigenvalue weighted by Gasteiger charge is 2.28. The Morgan fingerprint density at radius 3 is 2.92 bits per heavy atom. The molecule has 0 radical (unpaired) electrons. The third-order valence-electron chi connectivity index (χ3n) is 4.22. The number of aromatic nitrogens is 3. The molecule has 1 saturated heterocycles. The molecule has 1 amide bonds. The van der Waals surface area contributed by atoms with Gasteiger partial charge in [-0.1, -0.05) is 6.42 Å². The molecule has 3 N–H and O–H groups in total. The lowest BCUT2D eigenvalue weighted by Gasteiger charge is -2.33. The van der Waals surface area contributed by atoms with Crippen LogP contribution in [-0.4, -0.2) is 66.5 Å². The summed E-state index contributed by atoms with van der Waals surface area (Å²) in [5, 5.41) is 5.49. The maximum atomic E-state index is 11.5. The molecule has 144 valence electrons. The topological polar surface area (TPSA) is 120 Å². The molecule has 0 aliphatic carbocycles. The van der Waals surface area contributed by atoms with E-state index in [1.807, 2.05) is 19.3 Å². The molecule has 0 aromatic carbocycles. The van der Waals surface area contributed by atoms with Crippen molar-refractivity contribution in [3.63, 3.8) is 0 Å². The largest absolute Gasteiger partial charge is 0.372 e. The van der Waals surface area contributed by atoms with Gasteiger partial charge in [-0.3, -0.25) is 4.79 Å². The predicted octanol–water partition coefficient (Wildman–Crippen LogP) is 0.936. The van der Waals surface area contributed by atoms with Crippen LogP contribution in [0.3, 0.4) is 0 Å². The van der Waals surface area contributed by atoms with Crippen molar-refractivity contribution in [3.8, 4) is 0 Å². The fourth-order valence-electron chi connectivity index (χ4n) is 2.96. The Kier molecular flexibility index (Phi) is 7.34. The van der Waals surface area contributed by atoms with Gasteiger partial charge in [0.1, 0.15) is 11.3 Å². The van der Waals surface area contributed by atoms with Gasteiger partial charge in [0.05, 0.1) is 12.5 Å². The van der Waals surface area contributed by atoms with E-state index >= 15 is 0 Å². The number of nitrogens with one attached hydrogen (secondary N) is 3. The number of anilines is 1.